The van der Waals surface area contributed by atoms with Gasteiger partial charge in [-0.05, 0) is 33.6 Å². The number of carbonyl (C=O) groups excluding carboxylic acids is 3. The first kappa shape index (κ1) is 16.4. The second-order valence-electron chi connectivity index (χ2n) is 6.11. The maximum absolute atomic E-state index is 11.9. The van der Waals surface area contributed by atoms with Crippen LogP contribution in [0.1, 0.15) is 33.6 Å². The highest BCUT2D eigenvalue weighted by atomic mass is 16.6. The summed E-state index contributed by atoms with van der Waals surface area (Å²) in [5.74, 6) is 0. The number of rotatable bonds is 2. The third-order valence-corrected chi connectivity index (χ3v) is 4.00. The van der Waals surface area contributed by atoms with E-state index in [2.05, 4.69) is 10.1 Å². The van der Waals surface area contributed by atoms with Gasteiger partial charge in [0.1, 0.15) is 6.61 Å². The average molecular weight is 313 g/mol. The summed E-state index contributed by atoms with van der Waals surface area (Å²) in [5, 5.41) is 2.18. The van der Waals surface area contributed by atoms with Gasteiger partial charge in [0.2, 0.25) is 0 Å². The largest absolute Gasteiger partial charge is 0.450 e. The van der Waals surface area contributed by atoms with Gasteiger partial charge in [-0.1, -0.05) is 0 Å². The number of amides is 4. The molecule has 0 radical (unpaired) electrons. The Morgan fingerprint density at radius 3 is 2.50 bits per heavy atom. The van der Waals surface area contributed by atoms with Gasteiger partial charge in [-0.15, -0.1) is 0 Å². The zero-order valence-corrected chi connectivity index (χ0v) is 13.3. The summed E-state index contributed by atoms with van der Waals surface area (Å²) >= 11 is 0. The van der Waals surface area contributed by atoms with Crippen molar-refractivity contribution in [3.05, 3.63) is 0 Å². The van der Waals surface area contributed by atoms with E-state index in [1.165, 1.54) is 0 Å². The van der Waals surface area contributed by atoms with Crippen molar-refractivity contribution < 1.29 is 23.9 Å². The molecular formula is C14H23N3O5. The van der Waals surface area contributed by atoms with Crippen LogP contribution >= 0.6 is 0 Å². The van der Waals surface area contributed by atoms with Crippen LogP contribution in [0.5, 0.6) is 0 Å². The van der Waals surface area contributed by atoms with Gasteiger partial charge in [-0.25, -0.2) is 19.7 Å². The predicted octanol–water partition coefficient (Wildman–Crippen LogP) is 1.55. The number of carbonyl (C=O) groups is 3. The molecule has 2 fully saturated rings. The number of nitrogens with zero attached hydrogens (tertiary/aromatic N) is 2. The van der Waals surface area contributed by atoms with Crippen LogP contribution in [0.4, 0.5) is 14.4 Å². The normalized spacial score (nSPS) is 21.5. The Balaban J connectivity index is 1.86. The Morgan fingerprint density at radius 2 is 2.00 bits per heavy atom. The molecule has 0 bridgehead atoms. The number of urea groups is 1. The zero-order valence-electron chi connectivity index (χ0n) is 13.3. The molecule has 2 saturated heterocycles. The van der Waals surface area contributed by atoms with E-state index in [0.717, 1.165) is 0 Å². The van der Waals surface area contributed by atoms with Gasteiger partial charge >= 0.3 is 18.2 Å². The van der Waals surface area contributed by atoms with Crippen LogP contribution in [-0.4, -0.2) is 65.9 Å². The van der Waals surface area contributed by atoms with Gasteiger partial charge < -0.3 is 14.4 Å². The highest BCUT2D eigenvalue weighted by Crippen LogP contribution is 2.30. The minimum absolute atomic E-state index is 0.0524. The summed E-state index contributed by atoms with van der Waals surface area (Å²) in [6, 6.07) is -0.406. The molecule has 4 amide bonds. The van der Waals surface area contributed by atoms with Crippen molar-refractivity contribution in [1.29, 1.82) is 0 Å². The third-order valence-electron chi connectivity index (χ3n) is 4.00. The van der Waals surface area contributed by atoms with Crippen molar-refractivity contribution in [2.24, 2.45) is 0 Å². The van der Waals surface area contributed by atoms with E-state index < -0.39 is 12.1 Å². The van der Waals surface area contributed by atoms with Crippen LogP contribution < -0.4 is 5.32 Å². The Kier molecular flexibility index (Phi) is 4.77. The quantitative estimate of drug-likeness (QED) is 0.835. The Hall–Kier alpha value is -1.99. The molecule has 0 unspecified atom stereocenters. The molecule has 0 aromatic carbocycles. The predicted molar refractivity (Wildman–Crippen MR) is 77.4 cm³/mol. The lowest BCUT2D eigenvalue weighted by Crippen LogP contribution is -2.54. The topological polar surface area (TPSA) is 88.2 Å². The van der Waals surface area contributed by atoms with Crippen LogP contribution in [-0.2, 0) is 9.47 Å². The van der Waals surface area contributed by atoms with Crippen LogP contribution in [0.3, 0.4) is 0 Å². The highest BCUT2D eigenvalue weighted by Gasteiger charge is 2.44. The first-order valence-corrected chi connectivity index (χ1v) is 7.54. The lowest BCUT2D eigenvalue weighted by Gasteiger charge is -2.40. The number of hydrogen-bond donors (Lipinski definition) is 1. The Morgan fingerprint density at radius 1 is 1.36 bits per heavy atom. The van der Waals surface area contributed by atoms with Crippen molar-refractivity contribution in [3.8, 4) is 0 Å². The summed E-state index contributed by atoms with van der Waals surface area (Å²) in [6.07, 6.45) is 0.294. The molecule has 0 spiro atoms. The van der Waals surface area contributed by atoms with Crippen molar-refractivity contribution in [2.45, 2.75) is 45.2 Å². The minimum Gasteiger partial charge on any atom is -0.450 e. The van der Waals surface area contributed by atoms with Crippen LogP contribution in [0, 0.1) is 0 Å². The van der Waals surface area contributed by atoms with E-state index in [4.69, 9.17) is 4.74 Å². The molecule has 2 heterocycles. The number of imide groups is 1. The monoisotopic (exact) mass is 313 g/mol. The van der Waals surface area contributed by atoms with Gasteiger partial charge in [0.25, 0.3) is 0 Å². The molecule has 0 atom stereocenters. The fourth-order valence-electron chi connectivity index (χ4n) is 2.93. The molecule has 2 aliphatic heterocycles. The maximum atomic E-state index is 11.9. The lowest BCUT2D eigenvalue weighted by molar-refractivity contribution is 0.0928. The molecule has 22 heavy (non-hydrogen) atoms. The van der Waals surface area contributed by atoms with Crippen LogP contribution in [0.15, 0.2) is 0 Å². The van der Waals surface area contributed by atoms with Gasteiger partial charge in [0.15, 0.2) is 0 Å². The average Bonchev–Trinajstić information content (AvgIpc) is 2.73. The maximum Gasteiger partial charge on any atom is 0.415 e. The standard InChI is InChI=1S/C14H23N3O5/c1-4-21-12(19)15-11(18)16-7-5-10(6-8-16)17-13(20)22-9-14(17,2)3/h10H,4-9H2,1-3H3,(H,15,18,19). The third kappa shape index (κ3) is 3.42. The highest BCUT2D eigenvalue weighted by molar-refractivity contribution is 5.90. The number of piperidine rings is 1. The van der Waals surface area contributed by atoms with Crippen LogP contribution in [0.2, 0.25) is 0 Å². The molecular weight excluding hydrogens is 290 g/mol. The Bertz CT molecular complexity index is 457. The van der Waals surface area contributed by atoms with E-state index in [-0.39, 0.29) is 24.3 Å². The smallest absolute Gasteiger partial charge is 0.415 e. The summed E-state index contributed by atoms with van der Waals surface area (Å²) in [5.41, 5.74) is -0.322. The van der Waals surface area contributed by atoms with Gasteiger partial charge in [0.05, 0.1) is 12.1 Å². The van der Waals surface area contributed by atoms with Gasteiger partial charge in [0, 0.05) is 19.1 Å². The van der Waals surface area contributed by atoms with Crippen molar-refractivity contribution in [2.75, 3.05) is 26.3 Å². The molecule has 2 rings (SSSR count). The first-order valence-electron chi connectivity index (χ1n) is 7.54. The molecule has 0 aromatic rings. The zero-order chi connectivity index (χ0) is 16.3. The van der Waals surface area contributed by atoms with E-state index in [0.29, 0.717) is 32.5 Å². The fourth-order valence-corrected chi connectivity index (χ4v) is 2.93. The van der Waals surface area contributed by atoms with E-state index in [1.54, 1.807) is 16.7 Å². The molecule has 8 nitrogen and oxygen atoms in total. The summed E-state index contributed by atoms with van der Waals surface area (Å²) in [6.45, 7) is 7.18. The SMILES string of the molecule is CCOC(=O)NC(=O)N1CCC(N2C(=O)OCC2(C)C)CC1. The second-order valence-corrected chi connectivity index (χ2v) is 6.11. The summed E-state index contributed by atoms with van der Waals surface area (Å²) in [7, 11) is 0. The van der Waals surface area contributed by atoms with Gasteiger partial charge in [-0.3, -0.25) is 4.90 Å². The first-order chi connectivity index (χ1) is 10.3. The molecule has 0 saturated carbocycles. The van der Waals surface area contributed by atoms with Crippen molar-refractivity contribution in [1.82, 2.24) is 15.1 Å². The van der Waals surface area contributed by atoms with Gasteiger partial charge in [-0.2, -0.15) is 0 Å². The number of ether oxygens (including phenoxy) is 2. The van der Waals surface area contributed by atoms with E-state index in [9.17, 15) is 14.4 Å². The number of nitrogens with one attached hydrogen (secondary N) is 1. The molecule has 0 aromatic heterocycles. The number of alkyl carbamates (subject to hydrolysis) is 1. The second kappa shape index (κ2) is 6.41. The Labute approximate surface area is 129 Å². The fraction of sp³-hybridized carbons (Fsp3) is 0.786. The summed E-state index contributed by atoms with van der Waals surface area (Å²) in [4.78, 5) is 38.4. The van der Waals surface area contributed by atoms with Crippen molar-refractivity contribution >= 4 is 18.2 Å². The van der Waals surface area contributed by atoms with E-state index in [1.807, 2.05) is 13.8 Å². The number of hydrogen-bond acceptors (Lipinski definition) is 5. The molecule has 0 aliphatic carbocycles. The summed E-state index contributed by atoms with van der Waals surface area (Å²) < 4.78 is 9.80. The molecule has 124 valence electrons. The van der Waals surface area contributed by atoms with E-state index >= 15 is 0 Å². The van der Waals surface area contributed by atoms with Crippen molar-refractivity contribution in [3.63, 3.8) is 0 Å². The lowest BCUT2D eigenvalue weighted by atomic mass is 9.97. The number of cyclic esters (lactones) is 1. The van der Waals surface area contributed by atoms with Crippen LogP contribution in [0.25, 0.3) is 0 Å². The molecule has 1 N–H and O–H groups in total. The molecule has 2 aliphatic rings. The number of likely N-dealkylation sites (tertiary alicyclic amines) is 1. The minimum atomic E-state index is -0.737. The molecule has 8 heteroatoms.